The van der Waals surface area contributed by atoms with Gasteiger partial charge in [-0.05, 0) is 32.3 Å². The van der Waals surface area contributed by atoms with Gasteiger partial charge in [-0.15, -0.1) is 0 Å². The minimum absolute atomic E-state index is 0. The highest BCUT2D eigenvalue weighted by atomic mass is 35.5. The Hall–Kier alpha value is -2.75. The molecular weight excluding hydrogens is 402 g/mol. The molecule has 0 aromatic heterocycles. The zero-order valence-electron chi connectivity index (χ0n) is 16.0. The number of allylic oxidation sites excluding steroid dienone is 1. The van der Waals surface area contributed by atoms with E-state index in [9.17, 15) is 24.3 Å². The van der Waals surface area contributed by atoms with Crippen molar-refractivity contribution in [2.24, 2.45) is 5.73 Å². The summed E-state index contributed by atoms with van der Waals surface area (Å²) in [5.74, 6) is -2.04. The Morgan fingerprint density at radius 3 is 2.31 bits per heavy atom. The molecule has 29 heavy (non-hydrogen) atoms. The lowest BCUT2D eigenvalue weighted by Crippen LogP contribution is -2.72. The van der Waals surface area contributed by atoms with Crippen molar-refractivity contribution in [2.75, 3.05) is 0 Å². The number of carbonyl (C=O) groups is 4. The average molecular weight is 426 g/mol. The fraction of sp³-hybridized carbons (Fsp3) is 0.368. The lowest BCUT2D eigenvalue weighted by molar-refractivity contribution is -0.156. The number of benzene rings is 1. The first-order chi connectivity index (χ1) is 13.1. The molecule has 0 spiro atoms. The molecule has 10 heteroatoms. The van der Waals surface area contributed by atoms with Crippen LogP contribution in [0.15, 0.2) is 41.1 Å². The van der Waals surface area contributed by atoms with Crippen LogP contribution in [0.5, 0.6) is 0 Å². The highest BCUT2D eigenvalue weighted by molar-refractivity contribution is 6.32. The van der Waals surface area contributed by atoms with Crippen molar-refractivity contribution < 1.29 is 29.8 Å². The number of carbonyl (C=O) groups excluding carboxylic acids is 3. The standard InChI is InChI=1S/C16H16ClN3O4.C3H6O.H2O/c17-9-6-7-10-12(15(22)20(10)13(9)16(23)24)19-14(21)11(18)8-4-2-1-3-5-8;1-3(2)4;/h1-5,10-12H,6-7,18H2,(H,19,21)(H,23,24);1-2H3;1H2/t10-,11-,12+;;/m1../s1. The summed E-state index contributed by atoms with van der Waals surface area (Å²) < 4.78 is 0. The molecule has 0 aliphatic carbocycles. The third-order valence-electron chi connectivity index (χ3n) is 4.32. The van der Waals surface area contributed by atoms with Gasteiger partial charge in [0.25, 0.3) is 5.91 Å². The molecule has 2 aliphatic heterocycles. The van der Waals surface area contributed by atoms with Crippen LogP contribution in [-0.2, 0) is 19.2 Å². The Bertz CT molecular complexity index is 822. The van der Waals surface area contributed by atoms with Gasteiger partial charge in [-0.1, -0.05) is 41.9 Å². The van der Waals surface area contributed by atoms with Crippen molar-refractivity contribution in [3.8, 4) is 0 Å². The highest BCUT2D eigenvalue weighted by Crippen LogP contribution is 2.38. The van der Waals surface area contributed by atoms with Crippen molar-refractivity contribution >= 4 is 35.2 Å². The average Bonchev–Trinajstić information content (AvgIpc) is 2.65. The Kier molecular flexibility index (Phi) is 8.50. The fourth-order valence-electron chi connectivity index (χ4n) is 3.07. The van der Waals surface area contributed by atoms with E-state index < -0.39 is 35.9 Å². The number of Topliss-reactive ketones (excluding diaryl/α,β-unsaturated/α-hetero) is 1. The first kappa shape index (κ1) is 24.3. The van der Waals surface area contributed by atoms with E-state index in [4.69, 9.17) is 17.3 Å². The number of ketones is 1. The molecule has 2 heterocycles. The maximum Gasteiger partial charge on any atom is 0.353 e. The Balaban J connectivity index is 0.000000771. The highest BCUT2D eigenvalue weighted by Gasteiger charge is 2.53. The topological polar surface area (TPSA) is 161 Å². The number of amides is 2. The summed E-state index contributed by atoms with van der Waals surface area (Å²) in [6.45, 7) is 3.06. The second kappa shape index (κ2) is 10.1. The molecule has 6 N–H and O–H groups in total. The minimum atomic E-state index is -1.25. The summed E-state index contributed by atoms with van der Waals surface area (Å²) in [4.78, 5) is 46.4. The molecule has 3 rings (SSSR count). The number of carboxylic acids is 1. The van der Waals surface area contributed by atoms with Crippen LogP contribution in [-0.4, -0.2) is 51.1 Å². The molecule has 1 aromatic carbocycles. The van der Waals surface area contributed by atoms with Crippen molar-refractivity contribution in [1.29, 1.82) is 0 Å². The fourth-order valence-corrected chi connectivity index (χ4v) is 3.35. The molecule has 0 bridgehead atoms. The van der Waals surface area contributed by atoms with Crippen LogP contribution in [0.25, 0.3) is 0 Å². The normalized spacial score (nSPS) is 20.8. The van der Waals surface area contributed by atoms with Gasteiger partial charge in [-0.25, -0.2) is 4.79 Å². The van der Waals surface area contributed by atoms with Gasteiger partial charge in [0.2, 0.25) is 5.91 Å². The second-order valence-electron chi connectivity index (χ2n) is 6.66. The molecule has 0 saturated carbocycles. The van der Waals surface area contributed by atoms with E-state index in [0.29, 0.717) is 18.4 Å². The lowest BCUT2D eigenvalue weighted by atomic mass is 9.86. The van der Waals surface area contributed by atoms with Crippen LogP contribution in [0.3, 0.4) is 0 Å². The van der Waals surface area contributed by atoms with E-state index in [0.717, 1.165) is 4.90 Å². The third-order valence-corrected chi connectivity index (χ3v) is 4.69. The maximum absolute atomic E-state index is 12.3. The number of nitrogens with zero attached hydrogens (tertiary/aromatic N) is 1. The van der Waals surface area contributed by atoms with Gasteiger partial charge in [0.05, 0.1) is 6.04 Å². The molecule has 2 aliphatic rings. The molecule has 3 atom stereocenters. The molecule has 0 radical (unpaired) electrons. The smallest absolute Gasteiger partial charge is 0.353 e. The van der Waals surface area contributed by atoms with Crippen LogP contribution in [0, 0.1) is 0 Å². The van der Waals surface area contributed by atoms with E-state index in [1.807, 2.05) is 6.07 Å². The van der Waals surface area contributed by atoms with Gasteiger partial charge >= 0.3 is 5.97 Å². The number of nitrogens with one attached hydrogen (secondary N) is 1. The molecule has 1 saturated heterocycles. The molecule has 0 unspecified atom stereocenters. The number of nitrogens with two attached hydrogens (primary N) is 1. The van der Waals surface area contributed by atoms with Crippen molar-refractivity contribution in [3.63, 3.8) is 0 Å². The van der Waals surface area contributed by atoms with E-state index in [1.165, 1.54) is 13.8 Å². The van der Waals surface area contributed by atoms with Crippen molar-refractivity contribution in [2.45, 2.75) is 44.8 Å². The van der Waals surface area contributed by atoms with E-state index >= 15 is 0 Å². The zero-order chi connectivity index (χ0) is 21.0. The zero-order valence-corrected chi connectivity index (χ0v) is 16.8. The van der Waals surface area contributed by atoms with Gasteiger partial charge in [-0.3, -0.25) is 14.5 Å². The first-order valence-electron chi connectivity index (χ1n) is 8.68. The summed E-state index contributed by atoms with van der Waals surface area (Å²) in [7, 11) is 0. The number of rotatable bonds is 4. The van der Waals surface area contributed by atoms with Gasteiger partial charge in [0.1, 0.15) is 23.6 Å². The van der Waals surface area contributed by atoms with Gasteiger partial charge in [-0.2, -0.15) is 0 Å². The van der Waals surface area contributed by atoms with Crippen LogP contribution >= 0.6 is 11.6 Å². The number of β-lactam (4-membered cyclic amide) rings is 1. The number of halogens is 1. The molecule has 2 amide bonds. The molecule has 9 nitrogen and oxygen atoms in total. The molecular formula is C19H24ClN3O6. The molecule has 1 aromatic rings. The maximum atomic E-state index is 12.3. The minimum Gasteiger partial charge on any atom is -0.477 e. The van der Waals surface area contributed by atoms with E-state index in [1.54, 1.807) is 24.3 Å². The predicted octanol–water partition coefficient (Wildman–Crippen LogP) is 0.481. The summed E-state index contributed by atoms with van der Waals surface area (Å²) in [6, 6.07) is 6.74. The number of fused-ring (bicyclic) bond motifs is 1. The first-order valence-corrected chi connectivity index (χ1v) is 9.06. The van der Waals surface area contributed by atoms with Gasteiger partial charge in [0.15, 0.2) is 0 Å². The largest absolute Gasteiger partial charge is 0.477 e. The van der Waals surface area contributed by atoms with Crippen LogP contribution in [0.1, 0.15) is 38.3 Å². The summed E-state index contributed by atoms with van der Waals surface area (Å²) in [5, 5.41) is 12.0. The van der Waals surface area contributed by atoms with Crippen LogP contribution < -0.4 is 11.1 Å². The Morgan fingerprint density at radius 2 is 1.79 bits per heavy atom. The Morgan fingerprint density at radius 1 is 1.24 bits per heavy atom. The van der Waals surface area contributed by atoms with Crippen molar-refractivity contribution in [3.05, 3.63) is 46.6 Å². The number of aliphatic carboxylic acids is 1. The van der Waals surface area contributed by atoms with Gasteiger partial charge < -0.3 is 26.4 Å². The third kappa shape index (κ3) is 5.41. The van der Waals surface area contributed by atoms with E-state index in [2.05, 4.69) is 5.32 Å². The van der Waals surface area contributed by atoms with Crippen LogP contribution in [0.4, 0.5) is 0 Å². The van der Waals surface area contributed by atoms with Gasteiger partial charge in [0, 0.05) is 5.03 Å². The lowest BCUT2D eigenvalue weighted by Gasteiger charge is -2.49. The summed E-state index contributed by atoms with van der Waals surface area (Å²) in [5.41, 5.74) is 6.35. The number of carboxylic acid groups (broad SMARTS) is 1. The molecule has 158 valence electrons. The van der Waals surface area contributed by atoms with Crippen LogP contribution in [0.2, 0.25) is 0 Å². The number of hydrogen-bond donors (Lipinski definition) is 3. The summed E-state index contributed by atoms with van der Waals surface area (Å²) >= 11 is 5.92. The second-order valence-corrected chi connectivity index (χ2v) is 7.11. The predicted molar refractivity (Wildman–Crippen MR) is 106 cm³/mol. The quantitative estimate of drug-likeness (QED) is 0.594. The molecule has 1 fully saturated rings. The SMILES string of the molecule is CC(C)=O.N[C@@H](C(=O)N[C@@H]1C(=O)N2C(C(=O)O)=C(Cl)CC[C@H]12)c1ccccc1.O. The number of hydrogen-bond acceptors (Lipinski definition) is 5. The van der Waals surface area contributed by atoms with Crippen molar-refractivity contribution in [1.82, 2.24) is 10.2 Å². The Labute approximate surface area is 172 Å². The monoisotopic (exact) mass is 425 g/mol. The summed E-state index contributed by atoms with van der Waals surface area (Å²) in [6.07, 6.45) is 0.849. The van der Waals surface area contributed by atoms with E-state index in [-0.39, 0.29) is 22.0 Å².